The largest absolute Gasteiger partial charge is 0.456 e. The summed E-state index contributed by atoms with van der Waals surface area (Å²) in [7, 11) is 3.67. The molecule has 1 amide bonds. The lowest BCUT2D eigenvalue weighted by atomic mass is 9.86. The molecular formula is C27H31N5O3. The number of aromatic nitrogens is 2. The number of hydrogen-bond donors (Lipinski definition) is 1. The van der Waals surface area contributed by atoms with Gasteiger partial charge in [0.05, 0.1) is 35.9 Å². The quantitative estimate of drug-likeness (QED) is 0.560. The Bertz CT molecular complexity index is 1270. The highest BCUT2D eigenvalue weighted by Gasteiger charge is 2.45. The van der Waals surface area contributed by atoms with Crippen LogP contribution < -0.4 is 10.5 Å². The summed E-state index contributed by atoms with van der Waals surface area (Å²) in [5, 5.41) is 9.85. The minimum atomic E-state index is -1.06. The van der Waals surface area contributed by atoms with Crippen molar-refractivity contribution in [3.05, 3.63) is 77.4 Å². The SMILES string of the molecule is CCCC1(c2cccc(Oc3c(C#N)cccc3C(C)(N)c3cncn3C)c2)OCCN(C)C1=O. The number of amides is 1. The number of carbonyl (C=O) groups excluding carboxylic acids is 1. The van der Waals surface area contributed by atoms with Crippen LogP contribution in [0.15, 0.2) is 55.0 Å². The minimum Gasteiger partial charge on any atom is -0.456 e. The summed E-state index contributed by atoms with van der Waals surface area (Å²) in [6.45, 7) is 4.92. The standard InChI is InChI=1S/C27H31N5O3/c1-5-12-27(25(33)31(3)13-14-34-27)20-9-7-10-21(15-20)35-24-19(16-28)8-6-11-22(24)26(2,29)23-17-30-18-32(23)4/h6-11,15,17-18H,5,12-14,29H2,1-4H3. The molecule has 35 heavy (non-hydrogen) atoms. The Kier molecular flexibility index (Phi) is 6.66. The van der Waals surface area contributed by atoms with E-state index in [1.54, 1.807) is 42.7 Å². The summed E-state index contributed by atoms with van der Waals surface area (Å²) in [6.07, 6.45) is 4.73. The summed E-state index contributed by atoms with van der Waals surface area (Å²) < 4.78 is 14.3. The maximum absolute atomic E-state index is 13.2. The molecule has 182 valence electrons. The molecule has 1 aliphatic rings. The van der Waals surface area contributed by atoms with E-state index in [-0.39, 0.29) is 5.91 Å². The number of carbonyl (C=O) groups is 1. The number of para-hydroxylation sites is 1. The van der Waals surface area contributed by atoms with Crippen molar-refractivity contribution in [2.45, 2.75) is 37.8 Å². The van der Waals surface area contributed by atoms with Gasteiger partial charge in [0.15, 0.2) is 11.4 Å². The molecule has 2 atom stereocenters. The van der Waals surface area contributed by atoms with Gasteiger partial charge in [-0.15, -0.1) is 0 Å². The first kappa shape index (κ1) is 24.5. The molecule has 1 aromatic heterocycles. The van der Waals surface area contributed by atoms with Crippen molar-refractivity contribution < 1.29 is 14.3 Å². The maximum atomic E-state index is 13.2. The van der Waals surface area contributed by atoms with E-state index in [1.165, 1.54) is 0 Å². The number of rotatable bonds is 7. The number of nitriles is 1. The number of nitrogens with zero attached hydrogens (tertiary/aromatic N) is 4. The van der Waals surface area contributed by atoms with Gasteiger partial charge in [0.25, 0.3) is 5.91 Å². The third-order valence-corrected chi connectivity index (χ3v) is 6.63. The second-order valence-electron chi connectivity index (χ2n) is 9.17. The highest BCUT2D eigenvalue weighted by Crippen LogP contribution is 2.40. The Hall–Kier alpha value is -3.67. The number of hydrogen-bond acceptors (Lipinski definition) is 6. The molecule has 0 spiro atoms. The first-order valence-corrected chi connectivity index (χ1v) is 11.7. The Morgan fingerprint density at radius 2 is 2.06 bits per heavy atom. The van der Waals surface area contributed by atoms with Gasteiger partial charge in [-0.25, -0.2) is 4.98 Å². The Morgan fingerprint density at radius 3 is 2.74 bits per heavy atom. The monoisotopic (exact) mass is 473 g/mol. The van der Waals surface area contributed by atoms with E-state index >= 15 is 0 Å². The highest BCUT2D eigenvalue weighted by atomic mass is 16.5. The first-order valence-electron chi connectivity index (χ1n) is 11.7. The van der Waals surface area contributed by atoms with Gasteiger partial charge in [-0.05, 0) is 37.1 Å². The number of imidazole rings is 1. The van der Waals surface area contributed by atoms with Crippen molar-refractivity contribution >= 4 is 5.91 Å². The molecule has 0 bridgehead atoms. The first-order chi connectivity index (χ1) is 16.7. The van der Waals surface area contributed by atoms with Crippen LogP contribution in [0, 0.1) is 11.3 Å². The van der Waals surface area contributed by atoms with Crippen molar-refractivity contribution in [2.75, 3.05) is 20.2 Å². The molecule has 2 heterocycles. The van der Waals surface area contributed by atoms with Gasteiger partial charge in [-0.3, -0.25) is 4.79 Å². The number of ether oxygens (including phenoxy) is 2. The predicted molar refractivity (Wildman–Crippen MR) is 132 cm³/mol. The number of morpholine rings is 1. The van der Waals surface area contributed by atoms with E-state index in [9.17, 15) is 10.1 Å². The average molecular weight is 474 g/mol. The molecule has 2 N–H and O–H groups in total. The number of aryl methyl sites for hydroxylation is 1. The van der Waals surface area contributed by atoms with Crippen LogP contribution in [0.3, 0.4) is 0 Å². The van der Waals surface area contributed by atoms with Gasteiger partial charge in [0, 0.05) is 26.2 Å². The molecule has 8 heteroatoms. The number of benzene rings is 2. The van der Waals surface area contributed by atoms with Gasteiger partial charge in [-0.2, -0.15) is 5.26 Å². The van der Waals surface area contributed by atoms with Crippen molar-refractivity contribution in [2.24, 2.45) is 12.8 Å². The fraction of sp³-hybridized carbons (Fsp3) is 0.370. The van der Waals surface area contributed by atoms with Crippen LogP contribution in [0.4, 0.5) is 0 Å². The van der Waals surface area contributed by atoms with Gasteiger partial charge in [-0.1, -0.05) is 37.6 Å². The molecule has 0 radical (unpaired) electrons. The maximum Gasteiger partial charge on any atom is 0.259 e. The lowest BCUT2D eigenvalue weighted by Gasteiger charge is -2.40. The topological polar surface area (TPSA) is 106 Å². The molecule has 1 saturated heterocycles. The lowest BCUT2D eigenvalue weighted by Crippen LogP contribution is -2.53. The molecule has 2 aromatic carbocycles. The Labute approximate surface area is 205 Å². The smallest absolute Gasteiger partial charge is 0.259 e. The predicted octanol–water partition coefficient (Wildman–Crippen LogP) is 3.79. The normalized spacial score (nSPS) is 19.8. The molecule has 4 rings (SSSR count). The van der Waals surface area contributed by atoms with Crippen LogP contribution in [-0.4, -0.2) is 40.6 Å². The third kappa shape index (κ3) is 4.29. The van der Waals surface area contributed by atoms with E-state index in [0.717, 1.165) is 17.7 Å². The highest BCUT2D eigenvalue weighted by molar-refractivity contribution is 5.87. The Balaban J connectivity index is 1.79. The van der Waals surface area contributed by atoms with Crippen LogP contribution >= 0.6 is 0 Å². The van der Waals surface area contributed by atoms with Crippen LogP contribution in [0.25, 0.3) is 0 Å². The molecule has 3 aromatic rings. The number of likely N-dealkylation sites (N-methyl/N-ethyl adjacent to an activating group) is 1. The fourth-order valence-electron chi connectivity index (χ4n) is 4.78. The van der Waals surface area contributed by atoms with E-state index < -0.39 is 11.1 Å². The minimum absolute atomic E-state index is 0.0633. The van der Waals surface area contributed by atoms with E-state index in [1.807, 2.05) is 49.7 Å². The summed E-state index contributed by atoms with van der Waals surface area (Å²) in [5.74, 6) is 0.801. The van der Waals surface area contributed by atoms with E-state index in [2.05, 4.69) is 11.1 Å². The van der Waals surface area contributed by atoms with Crippen LogP contribution in [0.5, 0.6) is 11.5 Å². The number of nitrogens with two attached hydrogens (primary N) is 1. The van der Waals surface area contributed by atoms with E-state index in [4.69, 9.17) is 15.2 Å². The summed E-state index contributed by atoms with van der Waals surface area (Å²) >= 11 is 0. The average Bonchev–Trinajstić information content (AvgIpc) is 3.29. The van der Waals surface area contributed by atoms with Crippen molar-refractivity contribution in [1.29, 1.82) is 5.26 Å². The zero-order valence-electron chi connectivity index (χ0n) is 20.6. The lowest BCUT2D eigenvalue weighted by molar-refractivity contribution is -0.173. The van der Waals surface area contributed by atoms with Gasteiger partial charge < -0.3 is 24.7 Å². The second-order valence-corrected chi connectivity index (χ2v) is 9.17. The van der Waals surface area contributed by atoms with Gasteiger partial charge in [0.2, 0.25) is 0 Å². The molecule has 0 saturated carbocycles. The molecule has 1 fully saturated rings. The van der Waals surface area contributed by atoms with Crippen LogP contribution in [0.2, 0.25) is 0 Å². The van der Waals surface area contributed by atoms with Gasteiger partial charge >= 0.3 is 0 Å². The van der Waals surface area contributed by atoms with Crippen LogP contribution in [0.1, 0.15) is 49.1 Å². The third-order valence-electron chi connectivity index (χ3n) is 6.63. The molecule has 1 aliphatic heterocycles. The zero-order chi connectivity index (χ0) is 25.2. The van der Waals surface area contributed by atoms with E-state index in [0.29, 0.717) is 42.2 Å². The molecule has 2 unspecified atom stereocenters. The molecular weight excluding hydrogens is 442 g/mol. The molecule has 8 nitrogen and oxygen atoms in total. The second kappa shape index (κ2) is 9.53. The Morgan fingerprint density at radius 1 is 1.29 bits per heavy atom. The van der Waals surface area contributed by atoms with Crippen molar-refractivity contribution in [3.63, 3.8) is 0 Å². The fourth-order valence-corrected chi connectivity index (χ4v) is 4.78. The zero-order valence-corrected chi connectivity index (χ0v) is 20.6. The van der Waals surface area contributed by atoms with Crippen LogP contribution in [-0.2, 0) is 27.7 Å². The van der Waals surface area contributed by atoms with Gasteiger partial charge in [0.1, 0.15) is 11.8 Å². The van der Waals surface area contributed by atoms with Crippen molar-refractivity contribution in [1.82, 2.24) is 14.5 Å². The van der Waals surface area contributed by atoms with Crippen molar-refractivity contribution in [3.8, 4) is 17.6 Å². The summed E-state index contributed by atoms with van der Waals surface area (Å²) in [6, 6.07) is 14.9. The molecule has 0 aliphatic carbocycles. The summed E-state index contributed by atoms with van der Waals surface area (Å²) in [4.78, 5) is 19.2. The summed E-state index contributed by atoms with van der Waals surface area (Å²) in [5.41, 5.74) is 7.29.